The normalized spacial score (nSPS) is 13.4. The van der Waals surface area contributed by atoms with Gasteiger partial charge in [-0.05, 0) is 48.4 Å². The topological polar surface area (TPSA) is 74.3 Å². The van der Waals surface area contributed by atoms with Crippen molar-refractivity contribution in [1.29, 1.82) is 0 Å². The molecule has 1 aliphatic rings. The molecule has 0 fully saturated rings. The Hall–Kier alpha value is -3.33. The first-order chi connectivity index (χ1) is 15.5. The average molecular weight is 496 g/mol. The number of imidazole rings is 1. The van der Waals surface area contributed by atoms with E-state index in [0.717, 1.165) is 34.4 Å². The minimum Gasteiger partial charge on any atom is -0.497 e. The fraction of sp³-hybridized carbons (Fsp3) is 0.261. The van der Waals surface area contributed by atoms with Gasteiger partial charge in [0.05, 0.1) is 13.7 Å². The summed E-state index contributed by atoms with van der Waals surface area (Å²) in [7, 11) is 3.30. The number of fused-ring (bicyclic) bond motifs is 3. The highest BCUT2D eigenvalue weighted by molar-refractivity contribution is 9.10. The summed E-state index contributed by atoms with van der Waals surface area (Å²) < 4.78 is 10.9. The van der Waals surface area contributed by atoms with Crippen LogP contribution in [-0.4, -0.2) is 32.3 Å². The second kappa shape index (κ2) is 7.98. The Balaban J connectivity index is 1.66. The summed E-state index contributed by atoms with van der Waals surface area (Å²) >= 11 is 3.42. The first kappa shape index (κ1) is 20.6. The van der Waals surface area contributed by atoms with Gasteiger partial charge in [-0.25, -0.2) is 4.79 Å². The number of nitrogens with zero attached hydrogens (tertiary/aromatic N) is 5. The molecule has 4 aromatic rings. The molecular weight excluding hydrogens is 474 g/mol. The molecule has 0 unspecified atom stereocenters. The van der Waals surface area contributed by atoms with Crippen molar-refractivity contribution in [2.24, 2.45) is 7.05 Å². The van der Waals surface area contributed by atoms with E-state index in [9.17, 15) is 9.59 Å². The molecule has 0 saturated heterocycles. The Morgan fingerprint density at radius 3 is 2.44 bits per heavy atom. The van der Waals surface area contributed by atoms with Gasteiger partial charge < -0.3 is 14.2 Å². The van der Waals surface area contributed by atoms with Crippen LogP contribution >= 0.6 is 15.9 Å². The summed E-state index contributed by atoms with van der Waals surface area (Å²) in [6, 6.07) is 15.3. The molecule has 32 heavy (non-hydrogen) atoms. The number of methoxy groups -OCH3 is 1. The van der Waals surface area contributed by atoms with Gasteiger partial charge in [-0.15, -0.1) is 0 Å². The number of ether oxygens (including phenoxy) is 1. The summed E-state index contributed by atoms with van der Waals surface area (Å²) in [5.74, 6) is 1.45. The van der Waals surface area contributed by atoms with Crippen molar-refractivity contribution in [2.75, 3.05) is 18.6 Å². The highest BCUT2D eigenvalue weighted by Crippen LogP contribution is 2.31. The quantitative estimate of drug-likeness (QED) is 0.434. The number of aromatic nitrogens is 4. The highest BCUT2D eigenvalue weighted by Gasteiger charge is 2.27. The van der Waals surface area contributed by atoms with Crippen LogP contribution in [0.15, 0.2) is 62.6 Å². The largest absolute Gasteiger partial charge is 0.497 e. The van der Waals surface area contributed by atoms with E-state index in [-0.39, 0.29) is 17.8 Å². The molecule has 1 aliphatic heterocycles. The van der Waals surface area contributed by atoms with Gasteiger partial charge >= 0.3 is 5.69 Å². The van der Waals surface area contributed by atoms with Crippen molar-refractivity contribution < 1.29 is 4.74 Å². The van der Waals surface area contributed by atoms with Crippen molar-refractivity contribution >= 4 is 38.7 Å². The van der Waals surface area contributed by atoms with Gasteiger partial charge in [0.2, 0.25) is 5.95 Å². The molecule has 0 aliphatic carbocycles. The van der Waals surface area contributed by atoms with Crippen LogP contribution in [0, 0.1) is 0 Å². The molecule has 0 atom stereocenters. The van der Waals surface area contributed by atoms with Crippen LogP contribution in [0.1, 0.15) is 12.0 Å². The Kier molecular flexibility index (Phi) is 5.13. The maximum absolute atomic E-state index is 13.5. The molecule has 0 radical (unpaired) electrons. The van der Waals surface area contributed by atoms with E-state index >= 15 is 0 Å². The summed E-state index contributed by atoms with van der Waals surface area (Å²) in [5, 5.41) is 0. The van der Waals surface area contributed by atoms with Crippen molar-refractivity contribution in [2.45, 2.75) is 19.5 Å². The highest BCUT2D eigenvalue weighted by atomic mass is 79.9. The van der Waals surface area contributed by atoms with Gasteiger partial charge in [-0.1, -0.05) is 28.1 Å². The number of hydrogen-bond donors (Lipinski definition) is 0. The standard InChI is InChI=1S/C23H22BrN5O3/c1-26-20-19(21(30)29(23(26)31)14-15-4-6-16(24)7-5-15)28-13-3-12-27(22(28)25-20)17-8-10-18(32-2)11-9-17/h4-11H,3,12-14H2,1-2H3. The van der Waals surface area contributed by atoms with E-state index in [1.807, 2.05) is 53.1 Å². The van der Waals surface area contributed by atoms with Crippen LogP contribution in [0.3, 0.4) is 0 Å². The lowest BCUT2D eigenvalue weighted by Crippen LogP contribution is -2.40. The Morgan fingerprint density at radius 1 is 1.03 bits per heavy atom. The van der Waals surface area contributed by atoms with E-state index < -0.39 is 0 Å². The zero-order chi connectivity index (χ0) is 22.4. The van der Waals surface area contributed by atoms with Crippen molar-refractivity contribution in [3.05, 3.63) is 79.4 Å². The molecule has 2 aromatic carbocycles. The molecule has 2 aromatic heterocycles. The first-order valence-electron chi connectivity index (χ1n) is 10.3. The van der Waals surface area contributed by atoms with Crippen molar-refractivity contribution in [3.8, 4) is 5.75 Å². The maximum Gasteiger partial charge on any atom is 0.332 e. The summed E-state index contributed by atoms with van der Waals surface area (Å²) in [6.07, 6.45) is 0.861. The lowest BCUT2D eigenvalue weighted by Gasteiger charge is -2.29. The fourth-order valence-electron chi connectivity index (χ4n) is 4.18. The molecular formula is C23H22BrN5O3. The molecule has 0 spiro atoms. The minimum absolute atomic E-state index is 0.206. The number of rotatable bonds is 4. The monoisotopic (exact) mass is 495 g/mol. The summed E-state index contributed by atoms with van der Waals surface area (Å²) in [6.45, 7) is 1.65. The molecule has 0 N–H and O–H groups in total. The Bertz CT molecular complexity index is 1420. The summed E-state index contributed by atoms with van der Waals surface area (Å²) in [5.41, 5.74) is 2.00. The number of aryl methyl sites for hydroxylation is 2. The van der Waals surface area contributed by atoms with E-state index in [1.165, 1.54) is 9.13 Å². The zero-order valence-corrected chi connectivity index (χ0v) is 19.4. The fourth-order valence-corrected chi connectivity index (χ4v) is 4.45. The van der Waals surface area contributed by atoms with Crippen LogP contribution < -0.4 is 20.9 Å². The first-order valence-corrected chi connectivity index (χ1v) is 11.1. The van der Waals surface area contributed by atoms with Gasteiger partial charge in [0, 0.05) is 30.3 Å². The molecule has 9 heteroatoms. The number of hydrogen-bond acceptors (Lipinski definition) is 5. The van der Waals surface area contributed by atoms with Gasteiger partial charge in [-0.3, -0.25) is 13.9 Å². The second-order valence-corrected chi connectivity index (χ2v) is 8.71. The predicted octanol–water partition coefficient (Wildman–Crippen LogP) is 3.26. The Labute approximate surface area is 192 Å². The van der Waals surface area contributed by atoms with Crippen LogP contribution in [0.25, 0.3) is 11.2 Å². The Morgan fingerprint density at radius 2 is 1.75 bits per heavy atom. The molecule has 0 saturated carbocycles. The van der Waals surface area contributed by atoms with Gasteiger partial charge in [0.1, 0.15) is 5.75 Å². The van der Waals surface area contributed by atoms with E-state index in [1.54, 1.807) is 14.2 Å². The average Bonchev–Trinajstić information content (AvgIpc) is 3.22. The molecule has 164 valence electrons. The third-order valence-corrected chi connectivity index (χ3v) is 6.38. The maximum atomic E-state index is 13.5. The van der Waals surface area contributed by atoms with Gasteiger partial charge in [0.25, 0.3) is 5.56 Å². The van der Waals surface area contributed by atoms with E-state index in [0.29, 0.717) is 23.7 Å². The molecule has 0 amide bonds. The third-order valence-electron chi connectivity index (χ3n) is 5.86. The number of benzene rings is 2. The smallest absolute Gasteiger partial charge is 0.332 e. The second-order valence-electron chi connectivity index (χ2n) is 7.80. The van der Waals surface area contributed by atoms with Crippen LogP contribution in [0.2, 0.25) is 0 Å². The lowest BCUT2D eigenvalue weighted by molar-refractivity contribution is 0.415. The van der Waals surface area contributed by atoms with Crippen molar-refractivity contribution in [3.63, 3.8) is 0 Å². The predicted molar refractivity (Wildman–Crippen MR) is 127 cm³/mol. The van der Waals surface area contributed by atoms with Crippen LogP contribution in [0.5, 0.6) is 5.75 Å². The molecule has 3 heterocycles. The zero-order valence-electron chi connectivity index (χ0n) is 17.8. The summed E-state index contributed by atoms with van der Waals surface area (Å²) in [4.78, 5) is 33.3. The van der Waals surface area contributed by atoms with Crippen LogP contribution in [0.4, 0.5) is 11.6 Å². The lowest BCUT2D eigenvalue weighted by atomic mass is 10.2. The van der Waals surface area contributed by atoms with E-state index in [4.69, 9.17) is 9.72 Å². The number of anilines is 2. The molecule has 8 nitrogen and oxygen atoms in total. The third kappa shape index (κ3) is 3.33. The van der Waals surface area contributed by atoms with Gasteiger partial charge in [0.15, 0.2) is 11.2 Å². The SMILES string of the molecule is COc1ccc(N2CCCn3c2nc2c3c(=O)n(Cc3ccc(Br)cc3)c(=O)n2C)cc1. The minimum atomic E-state index is -0.378. The van der Waals surface area contributed by atoms with Gasteiger partial charge in [-0.2, -0.15) is 4.98 Å². The molecule has 0 bridgehead atoms. The van der Waals surface area contributed by atoms with Crippen LogP contribution in [-0.2, 0) is 20.1 Å². The molecule has 5 rings (SSSR count). The van der Waals surface area contributed by atoms with E-state index in [2.05, 4.69) is 20.8 Å². The van der Waals surface area contributed by atoms with Crippen molar-refractivity contribution in [1.82, 2.24) is 18.7 Å². The number of halogens is 1.